The number of carbonyl (C=O) groups excluding carboxylic acids is 1. The van der Waals surface area contributed by atoms with Crippen molar-refractivity contribution in [3.05, 3.63) is 41.6 Å². The van der Waals surface area contributed by atoms with Gasteiger partial charge in [-0.3, -0.25) is 4.79 Å². The minimum Gasteiger partial charge on any atom is -0.484 e. The summed E-state index contributed by atoms with van der Waals surface area (Å²) in [5.41, 5.74) is 1.96. The van der Waals surface area contributed by atoms with E-state index in [1.54, 1.807) is 11.8 Å². The third kappa shape index (κ3) is 4.99. The fraction of sp³-hybridized carbons (Fsp3) is 0.412. The molecule has 7 nitrogen and oxygen atoms in total. The van der Waals surface area contributed by atoms with Crippen LogP contribution >= 0.6 is 0 Å². The minimum atomic E-state index is -0.143. The number of ether oxygens (including phenoxy) is 2. The number of hydrogen-bond donors (Lipinski definition) is 2. The molecule has 7 heteroatoms. The van der Waals surface area contributed by atoms with E-state index >= 15 is 0 Å². The molecule has 24 heavy (non-hydrogen) atoms. The van der Waals surface area contributed by atoms with Crippen molar-refractivity contribution in [1.82, 2.24) is 20.4 Å². The molecule has 1 aromatic carbocycles. The first-order chi connectivity index (χ1) is 11.6. The first-order valence-electron chi connectivity index (χ1n) is 7.83. The Labute approximate surface area is 142 Å². The molecule has 0 aliphatic carbocycles. The number of methoxy groups -OCH3 is 1. The maximum absolute atomic E-state index is 11.7. The first kappa shape index (κ1) is 17.8. The second-order valence-corrected chi connectivity index (χ2v) is 5.33. The van der Waals surface area contributed by atoms with Gasteiger partial charge >= 0.3 is 0 Å². The van der Waals surface area contributed by atoms with E-state index in [-0.39, 0.29) is 12.5 Å². The molecule has 1 amide bonds. The lowest BCUT2D eigenvalue weighted by molar-refractivity contribution is -0.123. The van der Waals surface area contributed by atoms with Crippen molar-refractivity contribution in [2.75, 3.05) is 26.8 Å². The molecule has 2 N–H and O–H groups in total. The highest BCUT2D eigenvalue weighted by Gasteiger charge is 2.12. The average Bonchev–Trinajstić information content (AvgIpc) is 2.86. The zero-order valence-corrected chi connectivity index (χ0v) is 14.3. The number of hydrogen-bond acceptors (Lipinski definition) is 5. The van der Waals surface area contributed by atoms with E-state index in [9.17, 15) is 4.79 Å². The van der Waals surface area contributed by atoms with Gasteiger partial charge in [0, 0.05) is 26.7 Å². The summed E-state index contributed by atoms with van der Waals surface area (Å²) in [6.45, 7) is 3.77. The number of nitrogens with one attached hydrogen (secondary N) is 2. The molecular weight excluding hydrogens is 308 g/mol. The van der Waals surface area contributed by atoms with Gasteiger partial charge in [0.05, 0.1) is 18.4 Å². The second-order valence-electron chi connectivity index (χ2n) is 5.33. The van der Waals surface area contributed by atoms with Crippen LogP contribution in [0, 0.1) is 6.92 Å². The van der Waals surface area contributed by atoms with Crippen LogP contribution < -0.4 is 20.1 Å². The zero-order chi connectivity index (χ0) is 17.4. The quantitative estimate of drug-likeness (QED) is 0.671. The summed E-state index contributed by atoms with van der Waals surface area (Å²) in [5, 5.41) is 10.4. The molecule has 0 radical (unpaired) electrons. The van der Waals surface area contributed by atoms with Crippen LogP contribution in [0.3, 0.4) is 0 Å². The Kier molecular flexibility index (Phi) is 6.62. The molecule has 0 fully saturated rings. The van der Waals surface area contributed by atoms with E-state index in [0.717, 1.165) is 17.1 Å². The van der Waals surface area contributed by atoms with Crippen LogP contribution in [0.15, 0.2) is 30.3 Å². The van der Waals surface area contributed by atoms with Gasteiger partial charge in [0.25, 0.3) is 5.91 Å². The van der Waals surface area contributed by atoms with E-state index in [2.05, 4.69) is 15.7 Å². The number of aromatic nitrogens is 2. The maximum Gasteiger partial charge on any atom is 0.257 e. The van der Waals surface area contributed by atoms with Crippen molar-refractivity contribution in [2.24, 2.45) is 7.05 Å². The Morgan fingerprint density at radius 1 is 1.25 bits per heavy atom. The molecule has 0 unspecified atom stereocenters. The molecule has 0 atom stereocenters. The molecule has 0 aliphatic heterocycles. The Balaban J connectivity index is 1.64. The van der Waals surface area contributed by atoms with Crippen molar-refractivity contribution < 1.29 is 14.3 Å². The first-order valence-corrected chi connectivity index (χ1v) is 7.83. The Hall–Kier alpha value is -2.54. The lowest BCUT2D eigenvalue weighted by Crippen LogP contribution is -2.34. The summed E-state index contributed by atoms with van der Waals surface area (Å²) in [6, 6.07) is 9.27. The lowest BCUT2D eigenvalue weighted by Gasteiger charge is -2.09. The predicted molar refractivity (Wildman–Crippen MR) is 91.2 cm³/mol. The maximum atomic E-state index is 11.7. The monoisotopic (exact) mass is 332 g/mol. The molecule has 130 valence electrons. The van der Waals surface area contributed by atoms with Crippen LogP contribution in [0.4, 0.5) is 0 Å². The number of nitrogens with zero attached hydrogens (tertiary/aromatic N) is 2. The van der Waals surface area contributed by atoms with E-state index in [0.29, 0.717) is 25.4 Å². The zero-order valence-electron chi connectivity index (χ0n) is 14.3. The standard InChI is InChI=1S/C17H24N4O3/c1-13-15(17(23-3)21(2)20-13)11-18-9-10-19-16(22)12-24-14-7-5-4-6-8-14/h4-8,18H,9-12H2,1-3H3,(H,19,22). The SMILES string of the molecule is COc1c(CNCCNC(=O)COc2ccccc2)c(C)nn1C. The van der Waals surface area contributed by atoms with E-state index in [4.69, 9.17) is 9.47 Å². The number of rotatable bonds is 9. The van der Waals surface area contributed by atoms with Crippen LogP contribution in [0.5, 0.6) is 11.6 Å². The number of para-hydroxylation sites is 1. The van der Waals surface area contributed by atoms with Gasteiger partial charge in [0.15, 0.2) is 6.61 Å². The van der Waals surface area contributed by atoms with Gasteiger partial charge in [-0.2, -0.15) is 5.10 Å². The van der Waals surface area contributed by atoms with E-state index in [1.165, 1.54) is 0 Å². The lowest BCUT2D eigenvalue weighted by atomic mass is 10.2. The largest absolute Gasteiger partial charge is 0.484 e. The molecule has 0 saturated carbocycles. The fourth-order valence-corrected chi connectivity index (χ4v) is 2.36. The summed E-state index contributed by atoms with van der Waals surface area (Å²) in [7, 11) is 3.48. The van der Waals surface area contributed by atoms with Crippen LogP contribution in [0.25, 0.3) is 0 Å². The molecule has 2 aromatic rings. The summed E-state index contributed by atoms with van der Waals surface area (Å²) in [5.74, 6) is 1.29. The highest BCUT2D eigenvalue weighted by molar-refractivity contribution is 5.77. The van der Waals surface area contributed by atoms with Crippen LogP contribution in [-0.2, 0) is 18.4 Å². The van der Waals surface area contributed by atoms with Gasteiger partial charge < -0.3 is 20.1 Å². The van der Waals surface area contributed by atoms with Gasteiger partial charge in [-0.1, -0.05) is 18.2 Å². The van der Waals surface area contributed by atoms with Crippen molar-refractivity contribution in [3.8, 4) is 11.6 Å². The third-order valence-corrected chi connectivity index (χ3v) is 3.52. The van der Waals surface area contributed by atoms with E-state index < -0.39 is 0 Å². The Morgan fingerprint density at radius 2 is 2.00 bits per heavy atom. The number of aryl methyl sites for hydroxylation is 2. The molecule has 2 rings (SSSR count). The predicted octanol–water partition coefficient (Wildman–Crippen LogP) is 1.02. The van der Waals surface area contributed by atoms with Gasteiger partial charge in [-0.05, 0) is 19.1 Å². The van der Waals surface area contributed by atoms with Crippen LogP contribution in [0.2, 0.25) is 0 Å². The molecule has 1 aromatic heterocycles. The highest BCUT2D eigenvalue weighted by atomic mass is 16.5. The van der Waals surface area contributed by atoms with E-state index in [1.807, 2.05) is 44.3 Å². The Bertz CT molecular complexity index is 655. The Morgan fingerprint density at radius 3 is 2.71 bits per heavy atom. The number of carbonyl (C=O) groups is 1. The number of amides is 1. The normalized spacial score (nSPS) is 10.5. The smallest absolute Gasteiger partial charge is 0.257 e. The molecular formula is C17H24N4O3. The van der Waals surface area contributed by atoms with Gasteiger partial charge in [0.2, 0.25) is 5.88 Å². The number of benzene rings is 1. The van der Waals surface area contributed by atoms with Crippen LogP contribution in [-0.4, -0.2) is 42.5 Å². The third-order valence-electron chi connectivity index (χ3n) is 3.52. The minimum absolute atomic E-state index is 0.0134. The van der Waals surface area contributed by atoms with Crippen molar-refractivity contribution >= 4 is 5.91 Å². The summed E-state index contributed by atoms with van der Waals surface area (Å²) < 4.78 is 12.4. The molecule has 0 saturated heterocycles. The molecule has 1 heterocycles. The fourth-order valence-electron chi connectivity index (χ4n) is 2.36. The second kappa shape index (κ2) is 8.93. The molecule has 0 spiro atoms. The van der Waals surface area contributed by atoms with Crippen molar-refractivity contribution in [2.45, 2.75) is 13.5 Å². The molecule has 0 aliphatic rings. The average molecular weight is 332 g/mol. The topological polar surface area (TPSA) is 77.4 Å². The molecule has 0 bridgehead atoms. The van der Waals surface area contributed by atoms with Crippen molar-refractivity contribution in [1.29, 1.82) is 0 Å². The summed E-state index contributed by atoms with van der Waals surface area (Å²) >= 11 is 0. The highest BCUT2D eigenvalue weighted by Crippen LogP contribution is 2.20. The van der Waals surface area contributed by atoms with Crippen LogP contribution in [0.1, 0.15) is 11.3 Å². The van der Waals surface area contributed by atoms with Gasteiger partial charge in [-0.25, -0.2) is 4.68 Å². The van der Waals surface area contributed by atoms with Crippen molar-refractivity contribution in [3.63, 3.8) is 0 Å². The summed E-state index contributed by atoms with van der Waals surface area (Å²) in [4.78, 5) is 11.7. The van der Waals surface area contributed by atoms with Gasteiger partial charge in [-0.15, -0.1) is 0 Å². The summed E-state index contributed by atoms with van der Waals surface area (Å²) in [6.07, 6.45) is 0. The van der Waals surface area contributed by atoms with Gasteiger partial charge in [0.1, 0.15) is 5.75 Å².